The lowest BCUT2D eigenvalue weighted by Crippen LogP contribution is -2.30. The minimum absolute atomic E-state index is 0.118. The summed E-state index contributed by atoms with van der Waals surface area (Å²) in [5.74, 6) is 0.412. The average Bonchev–Trinajstić information content (AvgIpc) is 2.72. The monoisotopic (exact) mass is 395 g/mol. The molecule has 3 rings (SSSR count). The van der Waals surface area contributed by atoms with Crippen molar-refractivity contribution in [2.24, 2.45) is 0 Å². The van der Waals surface area contributed by atoms with E-state index in [0.717, 1.165) is 11.8 Å². The Labute approximate surface area is 165 Å². The molecule has 0 spiro atoms. The summed E-state index contributed by atoms with van der Waals surface area (Å²) in [7, 11) is -1.82. The molecule has 0 aliphatic carbocycles. The molecule has 0 saturated heterocycles. The van der Waals surface area contributed by atoms with E-state index < -0.39 is 9.84 Å². The third-order valence-electron chi connectivity index (χ3n) is 4.32. The van der Waals surface area contributed by atoms with Crippen molar-refractivity contribution in [2.45, 2.75) is 11.4 Å². The van der Waals surface area contributed by atoms with Gasteiger partial charge in [0.1, 0.15) is 5.75 Å². The first-order valence-electron chi connectivity index (χ1n) is 8.68. The van der Waals surface area contributed by atoms with E-state index in [1.807, 2.05) is 30.3 Å². The number of rotatable bonds is 6. The number of amides is 1. The fraction of sp³-hybridized carbons (Fsp3) is 0.136. The number of carbonyl (C=O) groups is 1. The summed E-state index contributed by atoms with van der Waals surface area (Å²) >= 11 is 0. The second kappa shape index (κ2) is 8.27. The molecule has 28 heavy (non-hydrogen) atoms. The number of anilines is 1. The van der Waals surface area contributed by atoms with Gasteiger partial charge >= 0.3 is 0 Å². The van der Waals surface area contributed by atoms with Crippen molar-refractivity contribution in [1.29, 1.82) is 0 Å². The number of benzene rings is 3. The molecule has 0 fully saturated rings. The predicted octanol–water partition coefficient (Wildman–Crippen LogP) is 3.95. The highest BCUT2D eigenvalue weighted by Crippen LogP contribution is 2.24. The summed E-state index contributed by atoms with van der Waals surface area (Å²) in [6.07, 6.45) is 1.13. The molecule has 6 heteroatoms. The Hall–Kier alpha value is -3.12. The third-order valence-corrected chi connectivity index (χ3v) is 5.43. The number of hydrogen-bond donors (Lipinski definition) is 0. The largest absolute Gasteiger partial charge is 0.497 e. The standard InChI is InChI=1S/C22H21NO4S/c1-27-20-13-11-19(12-14-20)23(16-17-7-4-3-5-8-17)22(24)18-9-6-10-21(15-18)28(2,25)26/h3-15H,16H2,1-2H3. The van der Waals surface area contributed by atoms with Crippen LogP contribution in [0.15, 0.2) is 83.8 Å². The molecular weight excluding hydrogens is 374 g/mol. The summed E-state index contributed by atoms with van der Waals surface area (Å²) in [5, 5.41) is 0. The molecule has 0 saturated carbocycles. The van der Waals surface area contributed by atoms with E-state index >= 15 is 0 Å². The zero-order valence-electron chi connectivity index (χ0n) is 15.7. The molecule has 1 amide bonds. The molecule has 0 aliphatic heterocycles. The van der Waals surface area contributed by atoms with Gasteiger partial charge < -0.3 is 9.64 Å². The number of methoxy groups -OCH3 is 1. The number of carbonyl (C=O) groups excluding carboxylic acids is 1. The predicted molar refractivity (Wildman–Crippen MR) is 110 cm³/mol. The zero-order valence-corrected chi connectivity index (χ0v) is 16.5. The van der Waals surface area contributed by atoms with Gasteiger partial charge in [-0.05, 0) is 48.0 Å². The van der Waals surface area contributed by atoms with Crippen LogP contribution in [0.25, 0.3) is 0 Å². The molecule has 0 bridgehead atoms. The summed E-state index contributed by atoms with van der Waals surface area (Å²) in [6, 6.07) is 22.9. The molecule has 5 nitrogen and oxygen atoms in total. The third kappa shape index (κ3) is 4.58. The van der Waals surface area contributed by atoms with Crippen molar-refractivity contribution >= 4 is 21.4 Å². The van der Waals surface area contributed by atoms with Crippen LogP contribution in [0.2, 0.25) is 0 Å². The van der Waals surface area contributed by atoms with Gasteiger partial charge in [-0.1, -0.05) is 36.4 Å². The zero-order chi connectivity index (χ0) is 20.1. The molecule has 0 aliphatic rings. The van der Waals surface area contributed by atoms with Gasteiger partial charge in [0.2, 0.25) is 0 Å². The van der Waals surface area contributed by atoms with Crippen LogP contribution in [0.3, 0.4) is 0 Å². The molecule has 144 valence electrons. The maximum atomic E-state index is 13.3. The summed E-state index contributed by atoms with van der Waals surface area (Å²) < 4.78 is 28.9. The molecule has 3 aromatic rings. The molecule has 0 aromatic heterocycles. The number of nitrogens with zero attached hydrogens (tertiary/aromatic N) is 1. The lowest BCUT2D eigenvalue weighted by atomic mass is 10.1. The maximum absolute atomic E-state index is 13.3. The molecular formula is C22H21NO4S. The summed E-state index contributed by atoms with van der Waals surface area (Å²) in [5.41, 5.74) is 1.97. The first-order valence-corrected chi connectivity index (χ1v) is 10.6. The van der Waals surface area contributed by atoms with Crippen molar-refractivity contribution in [1.82, 2.24) is 0 Å². The number of ether oxygens (including phenoxy) is 1. The van der Waals surface area contributed by atoms with Crippen LogP contribution in [0.4, 0.5) is 5.69 Å². The van der Waals surface area contributed by atoms with Crippen LogP contribution >= 0.6 is 0 Å². The van der Waals surface area contributed by atoms with Crippen molar-refractivity contribution in [2.75, 3.05) is 18.3 Å². The van der Waals surface area contributed by atoms with Crippen molar-refractivity contribution in [3.05, 3.63) is 90.0 Å². The smallest absolute Gasteiger partial charge is 0.258 e. The second-order valence-electron chi connectivity index (χ2n) is 6.37. The molecule has 0 unspecified atom stereocenters. The highest BCUT2D eigenvalue weighted by Gasteiger charge is 2.20. The van der Waals surface area contributed by atoms with Crippen LogP contribution in [-0.4, -0.2) is 27.7 Å². The van der Waals surface area contributed by atoms with E-state index in [-0.39, 0.29) is 10.8 Å². The molecule has 0 heterocycles. The van der Waals surface area contributed by atoms with Gasteiger partial charge in [0, 0.05) is 17.5 Å². The molecule has 3 aromatic carbocycles. The number of sulfone groups is 1. The van der Waals surface area contributed by atoms with Gasteiger partial charge in [0.05, 0.1) is 18.6 Å². The van der Waals surface area contributed by atoms with Gasteiger partial charge in [-0.2, -0.15) is 0 Å². The lowest BCUT2D eigenvalue weighted by Gasteiger charge is -2.23. The van der Waals surface area contributed by atoms with E-state index in [1.54, 1.807) is 48.4 Å². The van der Waals surface area contributed by atoms with Crippen molar-refractivity contribution < 1.29 is 17.9 Å². The Morgan fingerprint density at radius 1 is 0.929 bits per heavy atom. The minimum atomic E-state index is -3.40. The average molecular weight is 395 g/mol. The first-order chi connectivity index (χ1) is 13.4. The van der Waals surface area contributed by atoms with Gasteiger partial charge in [0.25, 0.3) is 5.91 Å². The molecule has 0 N–H and O–H groups in total. The van der Waals surface area contributed by atoms with Crippen LogP contribution in [-0.2, 0) is 16.4 Å². The Bertz CT molecular complexity index is 1060. The Balaban J connectivity index is 2.01. The maximum Gasteiger partial charge on any atom is 0.258 e. The van der Waals surface area contributed by atoms with E-state index in [4.69, 9.17) is 4.74 Å². The quantitative estimate of drug-likeness (QED) is 0.634. The first kappa shape index (κ1) is 19.6. The summed E-state index contributed by atoms with van der Waals surface area (Å²) in [4.78, 5) is 15.0. The Kier molecular flexibility index (Phi) is 5.80. The highest BCUT2D eigenvalue weighted by molar-refractivity contribution is 7.90. The van der Waals surface area contributed by atoms with Crippen molar-refractivity contribution in [3.63, 3.8) is 0 Å². The van der Waals surface area contributed by atoms with Crippen molar-refractivity contribution in [3.8, 4) is 5.75 Å². The Morgan fingerprint density at radius 3 is 2.21 bits per heavy atom. The fourth-order valence-corrected chi connectivity index (χ4v) is 3.49. The van der Waals surface area contributed by atoms with Gasteiger partial charge in [0.15, 0.2) is 9.84 Å². The second-order valence-corrected chi connectivity index (χ2v) is 8.39. The number of hydrogen-bond acceptors (Lipinski definition) is 4. The van der Waals surface area contributed by atoms with Crippen LogP contribution in [0.5, 0.6) is 5.75 Å². The summed E-state index contributed by atoms with van der Waals surface area (Å²) in [6.45, 7) is 0.356. The molecule has 0 atom stereocenters. The molecule has 0 radical (unpaired) electrons. The van der Waals surface area contributed by atoms with Gasteiger partial charge in [-0.25, -0.2) is 8.42 Å². The van der Waals surface area contributed by atoms with E-state index in [2.05, 4.69) is 0 Å². The van der Waals surface area contributed by atoms with E-state index in [9.17, 15) is 13.2 Å². The normalized spacial score (nSPS) is 11.1. The topological polar surface area (TPSA) is 63.7 Å². The van der Waals surface area contributed by atoms with E-state index in [1.165, 1.54) is 12.1 Å². The van der Waals surface area contributed by atoms with Crippen LogP contribution < -0.4 is 9.64 Å². The highest BCUT2D eigenvalue weighted by atomic mass is 32.2. The van der Waals surface area contributed by atoms with E-state index in [0.29, 0.717) is 23.5 Å². The van der Waals surface area contributed by atoms with Gasteiger partial charge in [-0.3, -0.25) is 4.79 Å². The Morgan fingerprint density at radius 2 is 1.61 bits per heavy atom. The fourth-order valence-electron chi connectivity index (χ4n) is 2.82. The van der Waals surface area contributed by atoms with Gasteiger partial charge in [-0.15, -0.1) is 0 Å². The lowest BCUT2D eigenvalue weighted by molar-refractivity contribution is 0.0985. The van der Waals surface area contributed by atoms with Crippen LogP contribution in [0.1, 0.15) is 15.9 Å². The minimum Gasteiger partial charge on any atom is -0.497 e. The SMILES string of the molecule is COc1ccc(N(Cc2ccccc2)C(=O)c2cccc(S(C)(=O)=O)c2)cc1. The van der Waals surface area contributed by atoms with Crippen LogP contribution in [0, 0.1) is 0 Å².